The molecular formula is C20H29N3O3. The van der Waals surface area contributed by atoms with Crippen LogP contribution < -0.4 is 16.0 Å². The van der Waals surface area contributed by atoms with Gasteiger partial charge in [0.2, 0.25) is 0 Å². The number of hydrogen-bond acceptors (Lipinski definition) is 3. The number of urea groups is 1. The van der Waals surface area contributed by atoms with Gasteiger partial charge in [0.05, 0.1) is 6.10 Å². The Bertz CT molecular complexity index is 694. The molecule has 6 heteroatoms. The molecule has 6 nitrogen and oxygen atoms in total. The highest BCUT2D eigenvalue weighted by atomic mass is 16.3. The molecular weight excluding hydrogens is 330 g/mol. The number of aryl methyl sites for hydroxylation is 1. The number of carbonyl (C=O) groups excluding carboxylic acids is 2. The number of benzene rings is 1. The van der Waals surface area contributed by atoms with Crippen LogP contribution in [-0.4, -0.2) is 35.7 Å². The average molecular weight is 359 g/mol. The van der Waals surface area contributed by atoms with Crippen LogP contribution in [0.25, 0.3) is 0 Å². The van der Waals surface area contributed by atoms with Gasteiger partial charge in [-0.25, -0.2) is 4.79 Å². The van der Waals surface area contributed by atoms with E-state index in [-0.39, 0.29) is 23.3 Å². The van der Waals surface area contributed by atoms with Crippen molar-refractivity contribution < 1.29 is 14.7 Å². The summed E-state index contributed by atoms with van der Waals surface area (Å²) in [7, 11) is 0. The second-order valence-electron chi connectivity index (χ2n) is 8.14. The molecule has 26 heavy (non-hydrogen) atoms. The van der Waals surface area contributed by atoms with E-state index in [2.05, 4.69) is 16.0 Å². The van der Waals surface area contributed by atoms with E-state index in [1.165, 1.54) is 0 Å². The highest BCUT2D eigenvalue weighted by Gasteiger charge is 2.49. The molecule has 2 aliphatic carbocycles. The maximum atomic E-state index is 12.3. The Morgan fingerprint density at radius 2 is 1.96 bits per heavy atom. The first kappa shape index (κ1) is 18.7. The van der Waals surface area contributed by atoms with E-state index in [1.807, 2.05) is 26.8 Å². The maximum absolute atomic E-state index is 12.3. The average Bonchev–Trinajstić information content (AvgIpc) is 3.50. The Hall–Kier alpha value is -2.08. The van der Waals surface area contributed by atoms with Crippen molar-refractivity contribution >= 4 is 17.6 Å². The highest BCUT2D eigenvalue weighted by Crippen LogP contribution is 2.50. The Balaban J connectivity index is 1.57. The monoisotopic (exact) mass is 359 g/mol. The van der Waals surface area contributed by atoms with Crippen molar-refractivity contribution in [2.24, 2.45) is 11.3 Å². The van der Waals surface area contributed by atoms with Gasteiger partial charge in [-0.1, -0.05) is 19.9 Å². The summed E-state index contributed by atoms with van der Waals surface area (Å²) in [5, 5.41) is 19.0. The minimum absolute atomic E-state index is 0.104. The van der Waals surface area contributed by atoms with Gasteiger partial charge < -0.3 is 21.1 Å². The first-order chi connectivity index (χ1) is 12.3. The van der Waals surface area contributed by atoms with Gasteiger partial charge in [-0.3, -0.25) is 4.79 Å². The molecule has 0 bridgehead atoms. The summed E-state index contributed by atoms with van der Waals surface area (Å²) in [6, 6.07) is 5.31. The van der Waals surface area contributed by atoms with Crippen LogP contribution in [0.1, 0.15) is 55.5 Å². The van der Waals surface area contributed by atoms with Crippen molar-refractivity contribution in [1.29, 1.82) is 0 Å². The number of nitrogens with one attached hydrogen (secondary N) is 3. The fraction of sp³-hybridized carbons (Fsp3) is 0.600. The molecule has 1 aromatic rings. The largest absolute Gasteiger partial charge is 0.392 e. The molecule has 0 aromatic heterocycles. The first-order valence-corrected chi connectivity index (χ1v) is 9.45. The molecule has 3 rings (SSSR count). The summed E-state index contributed by atoms with van der Waals surface area (Å²) >= 11 is 0. The number of rotatable bonds is 7. The van der Waals surface area contributed by atoms with Crippen LogP contribution in [-0.2, 0) is 0 Å². The van der Waals surface area contributed by atoms with Crippen LogP contribution in [0.5, 0.6) is 0 Å². The van der Waals surface area contributed by atoms with Gasteiger partial charge in [0.15, 0.2) is 0 Å². The van der Waals surface area contributed by atoms with Gasteiger partial charge in [-0.2, -0.15) is 0 Å². The van der Waals surface area contributed by atoms with Gasteiger partial charge in [0.1, 0.15) is 0 Å². The van der Waals surface area contributed by atoms with E-state index in [0.29, 0.717) is 23.8 Å². The lowest BCUT2D eigenvalue weighted by atomic mass is 9.90. The topological polar surface area (TPSA) is 90.5 Å². The lowest BCUT2D eigenvalue weighted by molar-refractivity contribution is 0.0518. The van der Waals surface area contributed by atoms with E-state index in [9.17, 15) is 14.7 Å². The Morgan fingerprint density at radius 1 is 1.27 bits per heavy atom. The fourth-order valence-corrected chi connectivity index (χ4v) is 3.26. The zero-order valence-electron chi connectivity index (χ0n) is 15.8. The highest BCUT2D eigenvalue weighted by molar-refractivity contribution is 5.97. The Morgan fingerprint density at radius 3 is 2.54 bits per heavy atom. The van der Waals surface area contributed by atoms with Crippen LogP contribution in [0.2, 0.25) is 0 Å². The maximum Gasteiger partial charge on any atom is 0.319 e. The van der Waals surface area contributed by atoms with Crippen molar-refractivity contribution in [2.75, 3.05) is 11.9 Å². The van der Waals surface area contributed by atoms with Crippen molar-refractivity contribution in [3.05, 3.63) is 29.3 Å². The van der Waals surface area contributed by atoms with E-state index >= 15 is 0 Å². The van der Waals surface area contributed by atoms with Crippen molar-refractivity contribution in [3.8, 4) is 0 Å². The summed E-state index contributed by atoms with van der Waals surface area (Å²) in [5.74, 6) is 0.0687. The van der Waals surface area contributed by atoms with E-state index < -0.39 is 6.10 Å². The second-order valence-corrected chi connectivity index (χ2v) is 8.14. The molecule has 1 aromatic carbocycles. The molecule has 0 saturated heterocycles. The Labute approximate surface area is 154 Å². The third-order valence-corrected chi connectivity index (χ3v) is 5.41. The van der Waals surface area contributed by atoms with Gasteiger partial charge in [0.25, 0.3) is 5.91 Å². The van der Waals surface area contributed by atoms with Crippen LogP contribution >= 0.6 is 0 Å². The summed E-state index contributed by atoms with van der Waals surface area (Å²) < 4.78 is 0. The number of aliphatic hydroxyl groups excluding tert-OH is 1. The molecule has 2 saturated carbocycles. The number of amides is 3. The number of anilines is 1. The lowest BCUT2D eigenvalue weighted by Crippen LogP contribution is -2.40. The van der Waals surface area contributed by atoms with Crippen LogP contribution in [0, 0.1) is 18.3 Å². The molecule has 0 spiro atoms. The number of carbonyl (C=O) groups is 2. The van der Waals surface area contributed by atoms with Gasteiger partial charge in [-0.15, -0.1) is 0 Å². The van der Waals surface area contributed by atoms with Gasteiger partial charge in [-0.05, 0) is 56.2 Å². The third kappa shape index (κ3) is 4.36. The van der Waals surface area contributed by atoms with Crippen molar-refractivity contribution in [3.63, 3.8) is 0 Å². The first-order valence-electron chi connectivity index (χ1n) is 9.45. The van der Waals surface area contributed by atoms with Crippen LogP contribution in [0.15, 0.2) is 18.2 Å². The number of aliphatic hydroxyl groups is 1. The predicted molar refractivity (Wildman–Crippen MR) is 101 cm³/mol. The lowest BCUT2D eigenvalue weighted by Gasteiger charge is -2.25. The van der Waals surface area contributed by atoms with Crippen LogP contribution in [0.3, 0.4) is 0 Å². The minimum atomic E-state index is -0.404. The standard InChI is InChI=1S/C20H29N3O3/c1-12(2)17(24)20(8-9-20)11-21-19(26)23-16-10-14(5-4-13(16)3)18(25)22-15-6-7-15/h4-5,10,12,15,17,24H,6-9,11H2,1-3H3,(H,22,25)(H2,21,23,26). The smallest absolute Gasteiger partial charge is 0.319 e. The normalized spacial score (nSPS) is 19.0. The summed E-state index contributed by atoms with van der Waals surface area (Å²) in [6.07, 6.45) is 3.54. The summed E-state index contributed by atoms with van der Waals surface area (Å²) in [4.78, 5) is 24.5. The van der Waals surface area contributed by atoms with E-state index in [0.717, 1.165) is 31.2 Å². The molecule has 0 radical (unpaired) electrons. The van der Waals surface area contributed by atoms with Gasteiger partial charge in [0, 0.05) is 29.3 Å². The van der Waals surface area contributed by atoms with E-state index in [4.69, 9.17) is 0 Å². The third-order valence-electron chi connectivity index (χ3n) is 5.41. The summed E-state index contributed by atoms with van der Waals surface area (Å²) in [5.41, 5.74) is 1.88. The quantitative estimate of drug-likeness (QED) is 0.603. The molecule has 1 unspecified atom stereocenters. The molecule has 4 N–H and O–H groups in total. The van der Waals surface area contributed by atoms with Crippen molar-refractivity contribution in [1.82, 2.24) is 10.6 Å². The zero-order chi connectivity index (χ0) is 18.9. The molecule has 3 amide bonds. The predicted octanol–water partition coefficient (Wildman–Crippen LogP) is 2.81. The minimum Gasteiger partial charge on any atom is -0.392 e. The molecule has 142 valence electrons. The molecule has 0 heterocycles. The fourth-order valence-electron chi connectivity index (χ4n) is 3.26. The molecule has 1 atom stereocenters. The van der Waals surface area contributed by atoms with Crippen LogP contribution in [0.4, 0.5) is 10.5 Å². The number of hydrogen-bond donors (Lipinski definition) is 4. The zero-order valence-corrected chi connectivity index (χ0v) is 15.8. The Kier molecular flexibility index (Phi) is 5.23. The van der Waals surface area contributed by atoms with Crippen molar-refractivity contribution in [2.45, 2.75) is 58.6 Å². The summed E-state index contributed by atoms with van der Waals surface area (Å²) in [6.45, 7) is 6.33. The molecule has 2 aliphatic rings. The SMILES string of the molecule is Cc1ccc(C(=O)NC2CC2)cc1NC(=O)NCC1(C(O)C(C)C)CC1. The molecule has 2 fully saturated rings. The van der Waals surface area contributed by atoms with Gasteiger partial charge >= 0.3 is 6.03 Å². The molecule has 0 aliphatic heterocycles. The second kappa shape index (κ2) is 7.27. The van der Waals surface area contributed by atoms with E-state index in [1.54, 1.807) is 12.1 Å².